The Hall–Kier alpha value is -4.18. The van der Waals surface area contributed by atoms with Gasteiger partial charge in [-0.3, -0.25) is 0 Å². The van der Waals surface area contributed by atoms with Crippen LogP contribution in [-0.4, -0.2) is 40.6 Å². The van der Waals surface area contributed by atoms with Gasteiger partial charge >= 0.3 is 12.1 Å². The highest BCUT2D eigenvalue weighted by molar-refractivity contribution is 5.90. The number of benzene rings is 2. The molecule has 0 atom stereocenters. The molecule has 0 spiro atoms. The van der Waals surface area contributed by atoms with Gasteiger partial charge in [-0.25, -0.2) is 14.5 Å². The summed E-state index contributed by atoms with van der Waals surface area (Å²) in [5.74, 6) is -0.128. The van der Waals surface area contributed by atoms with E-state index in [9.17, 15) is 18.0 Å². The average Bonchev–Trinajstić information content (AvgIpc) is 3.48. The lowest BCUT2D eigenvalue weighted by molar-refractivity contribution is -0.143. The number of para-hydroxylation sites is 1. The lowest BCUT2D eigenvalue weighted by atomic mass is 9.82. The summed E-state index contributed by atoms with van der Waals surface area (Å²) < 4.78 is 59.3. The van der Waals surface area contributed by atoms with E-state index in [4.69, 9.17) is 14.2 Å². The van der Waals surface area contributed by atoms with Crippen molar-refractivity contribution in [2.45, 2.75) is 64.3 Å². The van der Waals surface area contributed by atoms with Crippen LogP contribution in [-0.2, 0) is 22.3 Å². The van der Waals surface area contributed by atoms with Gasteiger partial charge in [0.15, 0.2) is 11.5 Å². The minimum absolute atomic E-state index is 0.0642. The number of carbonyl (C=O) groups excluding carboxylic acids is 1. The normalized spacial score (nSPS) is 17.1. The topological polar surface area (TPSA) is 75.5 Å². The standard InChI is InChI=1S/C33H34F3N3O4/c1-4-42-32(40)27-19-37-39(31(27)33(34,35)36)30-11-7-9-28(38-30)26-8-5-6-10-29(26)43-20-24-13-12-23(18-21(24)2)22-14-16-25(41-3)17-15-22/h5-13,18-19,22,25H,4,14-17,20H2,1-3H3. The fourth-order valence-electron chi connectivity index (χ4n) is 5.57. The monoisotopic (exact) mass is 593 g/mol. The lowest BCUT2D eigenvalue weighted by Crippen LogP contribution is -2.19. The maximum Gasteiger partial charge on any atom is 0.434 e. The first-order valence-electron chi connectivity index (χ1n) is 14.3. The van der Waals surface area contributed by atoms with Gasteiger partial charge in [0.05, 0.1) is 24.6 Å². The molecule has 1 saturated carbocycles. The number of hydrogen-bond donors (Lipinski definition) is 0. The zero-order valence-corrected chi connectivity index (χ0v) is 24.4. The molecule has 4 aromatic rings. The first kappa shape index (κ1) is 30.3. The number of pyridine rings is 1. The van der Waals surface area contributed by atoms with Crippen LogP contribution in [0.2, 0.25) is 0 Å². The molecule has 0 amide bonds. The number of rotatable bonds is 9. The number of ether oxygens (including phenoxy) is 3. The van der Waals surface area contributed by atoms with E-state index < -0.39 is 23.4 Å². The number of aromatic nitrogens is 3. The van der Waals surface area contributed by atoms with Crippen LogP contribution in [0.1, 0.15) is 71.3 Å². The van der Waals surface area contributed by atoms with Crippen molar-refractivity contribution in [3.8, 4) is 22.8 Å². The summed E-state index contributed by atoms with van der Waals surface area (Å²) in [6.45, 7) is 3.85. The van der Waals surface area contributed by atoms with Crippen LogP contribution < -0.4 is 4.74 Å². The molecule has 1 fully saturated rings. The second-order valence-electron chi connectivity index (χ2n) is 10.6. The van der Waals surface area contributed by atoms with Crippen LogP contribution in [0.3, 0.4) is 0 Å². The molecule has 2 heterocycles. The van der Waals surface area contributed by atoms with Crippen molar-refractivity contribution in [3.63, 3.8) is 0 Å². The Morgan fingerprint density at radius 1 is 1.02 bits per heavy atom. The van der Waals surface area contributed by atoms with Crippen molar-refractivity contribution in [3.05, 3.63) is 94.8 Å². The first-order valence-corrected chi connectivity index (χ1v) is 14.3. The van der Waals surface area contributed by atoms with Gasteiger partial charge in [0, 0.05) is 12.7 Å². The summed E-state index contributed by atoms with van der Waals surface area (Å²) in [6.07, 6.45) is 0.705. The number of alkyl halides is 3. The van der Waals surface area contributed by atoms with Gasteiger partial charge in [-0.05, 0) is 86.4 Å². The summed E-state index contributed by atoms with van der Waals surface area (Å²) in [7, 11) is 1.78. The number of hydrogen-bond acceptors (Lipinski definition) is 6. The van der Waals surface area contributed by atoms with Gasteiger partial charge in [-0.15, -0.1) is 0 Å². The minimum Gasteiger partial charge on any atom is -0.488 e. The molecule has 1 aliphatic rings. The summed E-state index contributed by atoms with van der Waals surface area (Å²) in [5.41, 5.74) is 2.61. The predicted octanol–water partition coefficient (Wildman–Crippen LogP) is 7.69. The summed E-state index contributed by atoms with van der Waals surface area (Å²) >= 11 is 0. The van der Waals surface area contributed by atoms with Crippen molar-refractivity contribution in [2.75, 3.05) is 13.7 Å². The van der Waals surface area contributed by atoms with Gasteiger partial charge in [0.2, 0.25) is 0 Å². The molecule has 0 N–H and O–H groups in total. The molecule has 10 heteroatoms. The van der Waals surface area contributed by atoms with E-state index in [0.717, 1.165) is 43.0 Å². The number of nitrogens with zero attached hydrogens (tertiary/aromatic N) is 3. The molecule has 43 heavy (non-hydrogen) atoms. The second-order valence-corrected chi connectivity index (χ2v) is 10.6. The zero-order valence-electron chi connectivity index (χ0n) is 24.4. The van der Waals surface area contributed by atoms with E-state index in [-0.39, 0.29) is 12.4 Å². The molecule has 0 saturated heterocycles. The van der Waals surface area contributed by atoms with Crippen molar-refractivity contribution in [1.29, 1.82) is 0 Å². The Bertz CT molecular complexity index is 1580. The van der Waals surface area contributed by atoms with E-state index in [1.807, 2.05) is 12.1 Å². The summed E-state index contributed by atoms with van der Waals surface area (Å²) in [5, 5.41) is 3.84. The largest absolute Gasteiger partial charge is 0.488 e. The smallest absolute Gasteiger partial charge is 0.434 e. The summed E-state index contributed by atoms with van der Waals surface area (Å²) in [4.78, 5) is 16.7. The molecule has 2 aromatic heterocycles. The maximum atomic E-state index is 14.0. The van der Waals surface area contributed by atoms with Crippen molar-refractivity contribution in [2.24, 2.45) is 0 Å². The third-order valence-corrected chi connectivity index (χ3v) is 7.88. The Labute approximate surface area is 248 Å². The Balaban J connectivity index is 1.37. The molecule has 5 rings (SSSR count). The molecule has 1 aliphatic carbocycles. The van der Waals surface area contributed by atoms with Gasteiger partial charge < -0.3 is 14.2 Å². The summed E-state index contributed by atoms with van der Waals surface area (Å²) in [6, 6.07) is 18.4. The number of esters is 1. The Kier molecular flexibility index (Phi) is 9.15. The van der Waals surface area contributed by atoms with Crippen LogP contribution in [0.15, 0.2) is 66.9 Å². The number of carbonyl (C=O) groups is 1. The fraction of sp³-hybridized carbons (Fsp3) is 0.364. The second kappa shape index (κ2) is 13.0. The van der Waals surface area contributed by atoms with Gasteiger partial charge in [-0.1, -0.05) is 36.4 Å². The van der Waals surface area contributed by atoms with Crippen LogP contribution in [0.25, 0.3) is 17.1 Å². The van der Waals surface area contributed by atoms with E-state index in [2.05, 4.69) is 35.2 Å². The molecule has 0 radical (unpaired) electrons. The third kappa shape index (κ3) is 6.74. The first-order chi connectivity index (χ1) is 20.7. The highest BCUT2D eigenvalue weighted by Gasteiger charge is 2.41. The molecule has 226 valence electrons. The van der Waals surface area contributed by atoms with Crippen LogP contribution in [0, 0.1) is 6.92 Å². The quantitative estimate of drug-likeness (QED) is 0.185. The molecular formula is C33H34F3N3O4. The minimum atomic E-state index is -4.87. The van der Waals surface area contributed by atoms with Gasteiger partial charge in [0.1, 0.15) is 17.9 Å². The van der Waals surface area contributed by atoms with Crippen molar-refractivity contribution >= 4 is 5.97 Å². The highest BCUT2D eigenvalue weighted by atomic mass is 19.4. The van der Waals surface area contributed by atoms with Gasteiger partial charge in [-0.2, -0.15) is 18.3 Å². The number of methoxy groups -OCH3 is 1. The predicted molar refractivity (Wildman–Crippen MR) is 155 cm³/mol. The molecule has 7 nitrogen and oxygen atoms in total. The fourth-order valence-corrected chi connectivity index (χ4v) is 5.57. The maximum absolute atomic E-state index is 14.0. The van der Waals surface area contributed by atoms with Crippen LogP contribution in [0.4, 0.5) is 13.2 Å². The number of aryl methyl sites for hydroxylation is 1. The van der Waals surface area contributed by atoms with Crippen molar-refractivity contribution in [1.82, 2.24) is 14.8 Å². The Morgan fingerprint density at radius 3 is 2.49 bits per heavy atom. The Morgan fingerprint density at radius 2 is 1.79 bits per heavy atom. The zero-order chi connectivity index (χ0) is 30.6. The van der Waals surface area contributed by atoms with Gasteiger partial charge in [0.25, 0.3) is 0 Å². The highest BCUT2D eigenvalue weighted by Crippen LogP contribution is 2.36. The molecule has 0 bridgehead atoms. The average molecular weight is 594 g/mol. The van der Waals surface area contributed by atoms with E-state index in [0.29, 0.717) is 40.3 Å². The molecule has 2 aromatic carbocycles. The molecule has 0 unspecified atom stereocenters. The lowest BCUT2D eigenvalue weighted by Gasteiger charge is -2.28. The van der Waals surface area contributed by atoms with Crippen LogP contribution >= 0.6 is 0 Å². The van der Waals surface area contributed by atoms with E-state index in [1.165, 1.54) is 18.6 Å². The SMILES string of the molecule is CCOC(=O)c1cnn(-c2cccc(-c3ccccc3OCc3ccc(C4CCC(OC)CC4)cc3C)n2)c1C(F)(F)F. The van der Waals surface area contributed by atoms with E-state index >= 15 is 0 Å². The van der Waals surface area contributed by atoms with Crippen LogP contribution in [0.5, 0.6) is 5.75 Å². The third-order valence-electron chi connectivity index (χ3n) is 7.88. The van der Waals surface area contributed by atoms with E-state index in [1.54, 1.807) is 31.4 Å². The molecule has 0 aliphatic heterocycles. The number of halogens is 3. The molecular weight excluding hydrogens is 559 g/mol. The van der Waals surface area contributed by atoms with Crippen molar-refractivity contribution < 1.29 is 32.2 Å².